The molecule has 0 saturated heterocycles. The lowest BCUT2D eigenvalue weighted by molar-refractivity contribution is 0.415. The Kier molecular flexibility index (Phi) is 7.37. The Balaban J connectivity index is 1.89. The van der Waals surface area contributed by atoms with Gasteiger partial charge in [-0.05, 0) is 74.4 Å². The molecule has 38 heavy (non-hydrogen) atoms. The fraction of sp³-hybridized carbons (Fsp3) is 0.310. The number of ether oxygens (including phenoxy) is 1. The van der Waals surface area contributed by atoms with E-state index in [1.807, 2.05) is 34.7 Å². The molecule has 0 N–H and O–H groups in total. The van der Waals surface area contributed by atoms with Crippen LogP contribution in [0.5, 0.6) is 5.75 Å². The zero-order valence-electron chi connectivity index (χ0n) is 22.2. The summed E-state index contributed by atoms with van der Waals surface area (Å²) in [6.07, 6.45) is 0. The van der Waals surface area contributed by atoms with Gasteiger partial charge in [0.15, 0.2) is 23.3 Å². The first-order chi connectivity index (χ1) is 17.6. The maximum Gasteiger partial charge on any atom is 0.188 e. The average molecular weight is 637 g/mol. The number of benzene rings is 3. The van der Waals surface area contributed by atoms with E-state index in [1.54, 1.807) is 0 Å². The number of hydrogen-bond acceptors (Lipinski definition) is 3. The summed E-state index contributed by atoms with van der Waals surface area (Å²) in [6.45, 7) is 12.5. The van der Waals surface area contributed by atoms with E-state index >= 15 is 17.6 Å². The monoisotopic (exact) mass is 637 g/mol. The van der Waals surface area contributed by atoms with Crippen LogP contribution in [0.15, 0.2) is 42.5 Å². The van der Waals surface area contributed by atoms with Crippen molar-refractivity contribution in [1.82, 2.24) is 15.0 Å². The molecule has 0 atom stereocenters. The Labute approximate surface area is 233 Å². The van der Waals surface area contributed by atoms with Gasteiger partial charge in [0.2, 0.25) is 0 Å². The van der Waals surface area contributed by atoms with Crippen molar-refractivity contribution < 1.29 is 22.3 Å². The SMILES string of the molecule is COc1ccc(-c2c(F)c(F)c(-n3nnc(-c4cc(C(C)(C)C)cc(C(C)(C)C)c4)c3I)c(F)c2F)cc1. The summed E-state index contributed by atoms with van der Waals surface area (Å²) in [5.74, 6) is -5.75. The van der Waals surface area contributed by atoms with Gasteiger partial charge in [-0.25, -0.2) is 22.2 Å². The molecule has 0 aliphatic heterocycles. The first kappa shape index (κ1) is 28.1. The van der Waals surface area contributed by atoms with Crippen LogP contribution >= 0.6 is 22.6 Å². The number of methoxy groups -OCH3 is 1. The Morgan fingerprint density at radius 3 is 1.68 bits per heavy atom. The largest absolute Gasteiger partial charge is 0.497 e. The summed E-state index contributed by atoms with van der Waals surface area (Å²) in [5.41, 5.74) is 0.951. The van der Waals surface area contributed by atoms with Crippen molar-refractivity contribution in [3.63, 3.8) is 0 Å². The minimum Gasteiger partial charge on any atom is -0.497 e. The van der Waals surface area contributed by atoms with Crippen LogP contribution in [0.4, 0.5) is 17.6 Å². The molecule has 0 saturated carbocycles. The van der Waals surface area contributed by atoms with E-state index in [9.17, 15) is 0 Å². The van der Waals surface area contributed by atoms with Gasteiger partial charge in [-0.15, -0.1) is 5.10 Å². The summed E-state index contributed by atoms with van der Waals surface area (Å²) in [6, 6.07) is 11.6. The second-order valence-corrected chi connectivity index (χ2v) is 12.2. The molecule has 0 aliphatic carbocycles. The molecule has 200 valence electrons. The van der Waals surface area contributed by atoms with Crippen LogP contribution in [-0.4, -0.2) is 22.1 Å². The second kappa shape index (κ2) is 9.98. The third-order valence-electron chi connectivity index (χ3n) is 6.38. The molecular formula is C29H28F4IN3O. The topological polar surface area (TPSA) is 39.9 Å². The molecule has 0 unspecified atom stereocenters. The highest BCUT2D eigenvalue weighted by molar-refractivity contribution is 14.1. The molecule has 9 heteroatoms. The molecule has 4 aromatic rings. The fourth-order valence-electron chi connectivity index (χ4n) is 4.04. The molecule has 4 nitrogen and oxygen atoms in total. The number of halogens is 5. The first-order valence-corrected chi connectivity index (χ1v) is 13.0. The summed E-state index contributed by atoms with van der Waals surface area (Å²) >= 11 is 1.84. The smallest absolute Gasteiger partial charge is 0.188 e. The predicted molar refractivity (Wildman–Crippen MR) is 149 cm³/mol. The average Bonchev–Trinajstić information content (AvgIpc) is 3.23. The molecule has 0 radical (unpaired) electrons. The van der Waals surface area contributed by atoms with Crippen molar-refractivity contribution in [2.45, 2.75) is 52.4 Å². The molecule has 1 aromatic heterocycles. The lowest BCUT2D eigenvalue weighted by atomic mass is 9.79. The van der Waals surface area contributed by atoms with Crippen molar-refractivity contribution >= 4 is 22.6 Å². The number of nitrogens with zero attached hydrogens (tertiary/aromatic N) is 3. The molecule has 0 aliphatic rings. The second-order valence-electron chi connectivity index (χ2n) is 11.1. The van der Waals surface area contributed by atoms with E-state index in [4.69, 9.17) is 4.74 Å². The van der Waals surface area contributed by atoms with E-state index in [2.05, 4.69) is 57.9 Å². The van der Waals surface area contributed by atoms with E-state index in [-0.39, 0.29) is 20.1 Å². The Morgan fingerprint density at radius 1 is 0.737 bits per heavy atom. The molecule has 0 fully saturated rings. The third-order valence-corrected chi connectivity index (χ3v) is 7.35. The summed E-state index contributed by atoms with van der Waals surface area (Å²) in [5, 5.41) is 8.07. The van der Waals surface area contributed by atoms with Gasteiger partial charge in [0.25, 0.3) is 0 Å². The highest BCUT2D eigenvalue weighted by Gasteiger charge is 2.30. The minimum absolute atomic E-state index is 0.0344. The zero-order valence-corrected chi connectivity index (χ0v) is 24.3. The van der Waals surface area contributed by atoms with Crippen LogP contribution in [0.25, 0.3) is 28.1 Å². The van der Waals surface area contributed by atoms with Crippen molar-refractivity contribution in [3.05, 3.63) is 80.6 Å². The fourth-order valence-corrected chi connectivity index (χ4v) is 4.79. The first-order valence-electron chi connectivity index (χ1n) is 11.9. The van der Waals surface area contributed by atoms with Gasteiger partial charge in [-0.2, -0.15) is 0 Å². The molecule has 1 heterocycles. The lowest BCUT2D eigenvalue weighted by Gasteiger charge is -2.26. The maximum absolute atomic E-state index is 15.4. The van der Waals surface area contributed by atoms with Crippen molar-refractivity contribution in [1.29, 1.82) is 0 Å². The number of rotatable bonds is 4. The highest BCUT2D eigenvalue weighted by Crippen LogP contribution is 2.38. The molecule has 0 bridgehead atoms. The molecule has 0 amide bonds. The quantitative estimate of drug-likeness (QED) is 0.128. The Bertz CT molecular complexity index is 1460. The van der Waals surface area contributed by atoms with Gasteiger partial charge in [-0.1, -0.05) is 65.0 Å². The van der Waals surface area contributed by atoms with Crippen molar-refractivity contribution in [2.24, 2.45) is 0 Å². The standard InChI is InChI=1S/C29H28F4IN3O/c1-28(2,3)17-12-16(13-18(14-17)29(4,5)6)25-27(34)37(36-35-25)26-23(32)21(30)20(22(31)24(26)33)15-8-10-19(38-7)11-9-15/h8-14H,1-7H3. The lowest BCUT2D eigenvalue weighted by Crippen LogP contribution is -2.16. The van der Waals surface area contributed by atoms with E-state index in [0.29, 0.717) is 17.0 Å². The molecular weight excluding hydrogens is 609 g/mol. The maximum atomic E-state index is 15.4. The minimum atomic E-state index is -1.57. The zero-order chi connectivity index (χ0) is 28.2. The Morgan fingerprint density at radius 2 is 1.24 bits per heavy atom. The van der Waals surface area contributed by atoms with Gasteiger partial charge < -0.3 is 4.74 Å². The van der Waals surface area contributed by atoms with Crippen LogP contribution in [-0.2, 0) is 10.8 Å². The van der Waals surface area contributed by atoms with Crippen LogP contribution in [0.3, 0.4) is 0 Å². The van der Waals surface area contributed by atoms with Crippen molar-refractivity contribution in [3.8, 4) is 33.8 Å². The van der Waals surface area contributed by atoms with Crippen LogP contribution in [0.2, 0.25) is 0 Å². The highest BCUT2D eigenvalue weighted by atomic mass is 127. The van der Waals surface area contributed by atoms with Crippen molar-refractivity contribution in [2.75, 3.05) is 7.11 Å². The van der Waals surface area contributed by atoms with E-state index in [1.165, 1.54) is 31.4 Å². The van der Waals surface area contributed by atoms with Crippen LogP contribution < -0.4 is 4.74 Å². The van der Waals surface area contributed by atoms with Crippen LogP contribution in [0, 0.1) is 27.0 Å². The van der Waals surface area contributed by atoms with Gasteiger partial charge in [0, 0.05) is 5.56 Å². The summed E-state index contributed by atoms with van der Waals surface area (Å²) in [7, 11) is 1.43. The Hall–Kier alpha value is -2.95. The molecule has 0 spiro atoms. The predicted octanol–water partition coefficient (Wildman–Crippen LogP) is 8.37. The van der Waals surface area contributed by atoms with Gasteiger partial charge in [0.1, 0.15) is 20.8 Å². The number of aromatic nitrogens is 3. The molecule has 3 aromatic carbocycles. The normalized spacial score (nSPS) is 12.2. The van der Waals surface area contributed by atoms with E-state index in [0.717, 1.165) is 15.8 Å². The van der Waals surface area contributed by atoms with E-state index < -0.39 is 34.5 Å². The third kappa shape index (κ3) is 5.04. The van der Waals surface area contributed by atoms with Gasteiger partial charge in [-0.3, -0.25) is 0 Å². The summed E-state index contributed by atoms with van der Waals surface area (Å²) < 4.78 is 67.2. The van der Waals surface area contributed by atoms with Gasteiger partial charge in [0.05, 0.1) is 12.7 Å². The summed E-state index contributed by atoms with van der Waals surface area (Å²) in [4.78, 5) is 0. The van der Waals surface area contributed by atoms with Crippen LogP contribution in [0.1, 0.15) is 52.7 Å². The molecule has 4 rings (SSSR count). The van der Waals surface area contributed by atoms with Gasteiger partial charge >= 0.3 is 0 Å². The number of hydrogen-bond donors (Lipinski definition) is 0.